The fraction of sp³-hybridized carbons (Fsp3) is 0.706. The Morgan fingerprint density at radius 1 is 1.29 bits per heavy atom. The zero-order valence-electron chi connectivity index (χ0n) is 14.2. The number of aliphatic hydroxyl groups is 1. The van der Waals surface area contributed by atoms with Crippen molar-refractivity contribution in [3.63, 3.8) is 0 Å². The molecular formula is C17H25N5OS. The fourth-order valence-electron chi connectivity index (χ4n) is 4.16. The number of aliphatic hydroxyl groups excluding tert-OH is 1. The van der Waals surface area contributed by atoms with Crippen LogP contribution < -0.4 is 0 Å². The molecule has 0 spiro atoms. The zero-order chi connectivity index (χ0) is 16.7. The molecule has 7 heteroatoms. The molecule has 1 aliphatic heterocycles. The molecule has 0 aromatic carbocycles. The van der Waals surface area contributed by atoms with Gasteiger partial charge in [0.05, 0.1) is 24.4 Å². The molecule has 0 unspecified atom stereocenters. The number of thiazole rings is 1. The molecule has 2 aliphatic rings. The smallest absolute Gasteiger partial charge is 0.137 e. The van der Waals surface area contributed by atoms with E-state index >= 15 is 0 Å². The van der Waals surface area contributed by atoms with Crippen molar-refractivity contribution in [3.05, 3.63) is 28.7 Å². The third-order valence-corrected chi connectivity index (χ3v) is 6.33. The van der Waals surface area contributed by atoms with Crippen molar-refractivity contribution in [2.45, 2.75) is 51.3 Å². The molecule has 1 N–H and O–H groups in total. The number of likely N-dealkylation sites (tertiary alicyclic amines) is 1. The maximum Gasteiger partial charge on any atom is 0.137 e. The standard InChI is InChI=1S/C17H25N5OS/c1-11(2)14-8-24-17(20-14)7-21-5-12-3-15(22-10-18-9-19-22)16(23)4-13(12)6-21/h8-13,15-16,23H,3-7H2,1-2H3/t12-,13+,15-,16-/m1/s1. The first-order valence-corrected chi connectivity index (χ1v) is 9.67. The topological polar surface area (TPSA) is 67.1 Å². The molecule has 0 bridgehead atoms. The molecule has 0 radical (unpaired) electrons. The lowest BCUT2D eigenvalue weighted by atomic mass is 9.77. The van der Waals surface area contributed by atoms with E-state index in [1.54, 1.807) is 24.0 Å². The summed E-state index contributed by atoms with van der Waals surface area (Å²) >= 11 is 1.77. The van der Waals surface area contributed by atoms with Gasteiger partial charge in [-0.2, -0.15) is 5.10 Å². The first-order valence-electron chi connectivity index (χ1n) is 8.79. The van der Waals surface area contributed by atoms with Gasteiger partial charge in [0, 0.05) is 18.5 Å². The van der Waals surface area contributed by atoms with Crippen LogP contribution in [0.3, 0.4) is 0 Å². The van der Waals surface area contributed by atoms with Gasteiger partial charge in [0.15, 0.2) is 0 Å². The number of fused-ring (bicyclic) bond motifs is 1. The van der Waals surface area contributed by atoms with E-state index in [0.29, 0.717) is 17.8 Å². The summed E-state index contributed by atoms with van der Waals surface area (Å²) in [6, 6.07) is 0.0705. The predicted molar refractivity (Wildman–Crippen MR) is 92.8 cm³/mol. The van der Waals surface area contributed by atoms with Crippen LogP contribution in [0.4, 0.5) is 0 Å². The lowest BCUT2D eigenvalue weighted by Crippen LogP contribution is -2.36. The van der Waals surface area contributed by atoms with Crippen LogP contribution in [0.5, 0.6) is 0 Å². The second-order valence-corrected chi connectivity index (χ2v) is 8.46. The molecule has 24 heavy (non-hydrogen) atoms. The highest BCUT2D eigenvalue weighted by Crippen LogP contribution is 2.41. The van der Waals surface area contributed by atoms with Crippen LogP contribution in [0.25, 0.3) is 0 Å². The van der Waals surface area contributed by atoms with E-state index in [1.165, 1.54) is 10.7 Å². The molecule has 2 aromatic heterocycles. The van der Waals surface area contributed by atoms with E-state index in [0.717, 1.165) is 32.5 Å². The highest BCUT2D eigenvalue weighted by molar-refractivity contribution is 7.09. The van der Waals surface area contributed by atoms with Crippen LogP contribution in [-0.2, 0) is 6.54 Å². The van der Waals surface area contributed by atoms with Gasteiger partial charge in [-0.3, -0.25) is 4.90 Å². The van der Waals surface area contributed by atoms with Crippen molar-refractivity contribution < 1.29 is 5.11 Å². The van der Waals surface area contributed by atoms with Crippen molar-refractivity contribution in [2.24, 2.45) is 11.8 Å². The zero-order valence-corrected chi connectivity index (χ0v) is 15.1. The van der Waals surface area contributed by atoms with Gasteiger partial charge in [-0.1, -0.05) is 13.8 Å². The quantitative estimate of drug-likeness (QED) is 0.919. The lowest BCUT2D eigenvalue weighted by molar-refractivity contribution is 0.0304. The van der Waals surface area contributed by atoms with Crippen molar-refractivity contribution in [1.82, 2.24) is 24.6 Å². The van der Waals surface area contributed by atoms with E-state index < -0.39 is 0 Å². The van der Waals surface area contributed by atoms with Crippen molar-refractivity contribution >= 4 is 11.3 Å². The molecule has 2 aromatic rings. The molecule has 1 aliphatic carbocycles. The van der Waals surface area contributed by atoms with Crippen LogP contribution in [0, 0.1) is 11.8 Å². The summed E-state index contributed by atoms with van der Waals surface area (Å²) in [5.74, 6) is 1.71. The van der Waals surface area contributed by atoms with Crippen LogP contribution in [0.2, 0.25) is 0 Å². The Kier molecular flexibility index (Phi) is 4.40. The lowest BCUT2D eigenvalue weighted by Gasteiger charge is -2.35. The van der Waals surface area contributed by atoms with Crippen LogP contribution >= 0.6 is 11.3 Å². The summed E-state index contributed by atoms with van der Waals surface area (Å²) in [5.41, 5.74) is 1.20. The van der Waals surface area contributed by atoms with E-state index in [-0.39, 0.29) is 12.1 Å². The Labute approximate surface area is 146 Å². The molecule has 6 nitrogen and oxygen atoms in total. The first-order chi connectivity index (χ1) is 11.6. The highest BCUT2D eigenvalue weighted by Gasteiger charge is 2.42. The summed E-state index contributed by atoms with van der Waals surface area (Å²) < 4.78 is 1.83. The number of rotatable bonds is 4. The van der Waals surface area contributed by atoms with Crippen LogP contribution in [0.1, 0.15) is 49.4 Å². The third kappa shape index (κ3) is 3.12. The Hall–Kier alpha value is -1.31. The molecule has 4 rings (SSSR count). The molecule has 130 valence electrons. The van der Waals surface area contributed by atoms with Gasteiger partial charge < -0.3 is 5.11 Å². The van der Waals surface area contributed by atoms with E-state index in [1.807, 2.05) is 4.68 Å². The maximum atomic E-state index is 10.5. The van der Waals surface area contributed by atoms with Crippen molar-refractivity contribution in [1.29, 1.82) is 0 Å². The number of hydrogen-bond acceptors (Lipinski definition) is 6. The summed E-state index contributed by atoms with van der Waals surface area (Å²) in [6.45, 7) is 7.49. The van der Waals surface area contributed by atoms with Crippen LogP contribution in [0.15, 0.2) is 18.0 Å². The Balaban J connectivity index is 1.40. The SMILES string of the molecule is CC(C)c1csc(CN2C[C@H]3C[C@@H](n4cncn4)[C@H](O)C[C@H]3C2)n1. The summed E-state index contributed by atoms with van der Waals surface area (Å²) in [4.78, 5) is 11.3. The summed E-state index contributed by atoms with van der Waals surface area (Å²) in [5, 5.41) is 18.1. The van der Waals surface area contributed by atoms with Gasteiger partial charge in [0.25, 0.3) is 0 Å². The summed E-state index contributed by atoms with van der Waals surface area (Å²) in [7, 11) is 0. The van der Waals surface area contributed by atoms with Gasteiger partial charge >= 0.3 is 0 Å². The fourth-order valence-corrected chi connectivity index (χ4v) is 5.16. The Morgan fingerprint density at radius 2 is 2.08 bits per heavy atom. The minimum absolute atomic E-state index is 0.0705. The highest BCUT2D eigenvalue weighted by atomic mass is 32.1. The second kappa shape index (κ2) is 6.54. The van der Waals surface area contributed by atoms with E-state index in [2.05, 4.69) is 34.2 Å². The predicted octanol–water partition coefficient (Wildman–Crippen LogP) is 2.30. The minimum Gasteiger partial charge on any atom is -0.391 e. The number of aromatic nitrogens is 4. The van der Waals surface area contributed by atoms with E-state index in [9.17, 15) is 5.11 Å². The van der Waals surface area contributed by atoms with Crippen LogP contribution in [-0.4, -0.2) is 48.9 Å². The molecule has 2 fully saturated rings. The summed E-state index contributed by atoms with van der Waals surface area (Å²) in [6.07, 6.45) is 4.81. The average molecular weight is 347 g/mol. The molecule has 4 atom stereocenters. The average Bonchev–Trinajstić information content (AvgIpc) is 3.25. The largest absolute Gasteiger partial charge is 0.391 e. The van der Waals surface area contributed by atoms with Gasteiger partial charge in [-0.05, 0) is 30.6 Å². The normalized spacial score (nSPS) is 30.8. The number of hydrogen-bond donors (Lipinski definition) is 1. The minimum atomic E-state index is -0.319. The van der Waals surface area contributed by atoms with Gasteiger partial charge in [0.2, 0.25) is 0 Å². The Morgan fingerprint density at radius 3 is 2.75 bits per heavy atom. The first kappa shape index (κ1) is 16.2. The maximum absolute atomic E-state index is 10.5. The molecule has 1 saturated heterocycles. The molecule has 3 heterocycles. The van der Waals surface area contributed by atoms with Gasteiger partial charge in [-0.25, -0.2) is 14.6 Å². The van der Waals surface area contributed by atoms with Gasteiger partial charge in [0.1, 0.15) is 17.7 Å². The molecular weight excluding hydrogens is 322 g/mol. The number of nitrogens with zero attached hydrogens (tertiary/aromatic N) is 5. The van der Waals surface area contributed by atoms with Crippen molar-refractivity contribution in [2.75, 3.05) is 13.1 Å². The van der Waals surface area contributed by atoms with Crippen molar-refractivity contribution in [3.8, 4) is 0 Å². The molecule has 0 amide bonds. The monoisotopic (exact) mass is 347 g/mol. The Bertz CT molecular complexity index is 670. The van der Waals surface area contributed by atoms with Gasteiger partial charge in [-0.15, -0.1) is 11.3 Å². The van der Waals surface area contributed by atoms with E-state index in [4.69, 9.17) is 4.98 Å². The molecule has 1 saturated carbocycles. The second-order valence-electron chi connectivity index (χ2n) is 7.52. The third-order valence-electron chi connectivity index (χ3n) is 5.48.